The summed E-state index contributed by atoms with van der Waals surface area (Å²) in [6.07, 6.45) is 1.67. The van der Waals surface area contributed by atoms with E-state index in [2.05, 4.69) is 10.6 Å². The van der Waals surface area contributed by atoms with Gasteiger partial charge >= 0.3 is 12.1 Å². The van der Waals surface area contributed by atoms with Gasteiger partial charge in [0.2, 0.25) is 5.91 Å². The summed E-state index contributed by atoms with van der Waals surface area (Å²) in [5.41, 5.74) is 0.848. The molecule has 0 saturated carbocycles. The van der Waals surface area contributed by atoms with Crippen LogP contribution in [0.3, 0.4) is 0 Å². The second-order valence-electron chi connectivity index (χ2n) is 6.29. The van der Waals surface area contributed by atoms with Gasteiger partial charge in [-0.2, -0.15) is 11.8 Å². The number of ether oxygens (including phenoxy) is 2. The zero-order valence-corrected chi connectivity index (χ0v) is 17.0. The third kappa shape index (κ3) is 8.34. The van der Waals surface area contributed by atoms with Gasteiger partial charge in [0.15, 0.2) is 0 Å². The van der Waals surface area contributed by atoms with E-state index in [1.807, 2.05) is 36.6 Å². The van der Waals surface area contributed by atoms with E-state index in [1.54, 1.807) is 25.6 Å². The molecule has 1 aromatic rings. The quantitative estimate of drug-likeness (QED) is 0.590. The Morgan fingerprint density at radius 1 is 1.11 bits per heavy atom. The number of nitrogens with one attached hydrogen (secondary N) is 2. The molecule has 2 amide bonds. The summed E-state index contributed by atoms with van der Waals surface area (Å²) >= 11 is 1.57. The number of amides is 2. The van der Waals surface area contributed by atoms with E-state index < -0.39 is 30.1 Å². The summed E-state index contributed by atoms with van der Waals surface area (Å²) in [5.74, 6) is -0.447. The number of carbonyl (C=O) groups excluding carboxylic acids is 3. The van der Waals surface area contributed by atoms with Crippen molar-refractivity contribution in [1.82, 2.24) is 10.6 Å². The van der Waals surface area contributed by atoms with Crippen molar-refractivity contribution in [2.24, 2.45) is 5.92 Å². The zero-order valence-electron chi connectivity index (χ0n) is 16.2. The van der Waals surface area contributed by atoms with Crippen LogP contribution in [0.25, 0.3) is 0 Å². The van der Waals surface area contributed by atoms with Crippen LogP contribution >= 0.6 is 11.8 Å². The molecule has 27 heavy (non-hydrogen) atoms. The Hall–Kier alpha value is -2.22. The fourth-order valence-electron chi connectivity index (χ4n) is 2.32. The van der Waals surface area contributed by atoms with Crippen molar-refractivity contribution < 1.29 is 23.9 Å². The number of thioether (sulfide) groups is 1. The lowest BCUT2D eigenvalue weighted by Crippen LogP contribution is -2.54. The van der Waals surface area contributed by atoms with E-state index in [1.165, 1.54) is 7.11 Å². The molecule has 0 spiro atoms. The third-order valence-electron chi connectivity index (χ3n) is 3.85. The molecular formula is C19H28N2O5S. The van der Waals surface area contributed by atoms with Gasteiger partial charge in [0.25, 0.3) is 0 Å². The molecule has 0 aromatic heterocycles. The minimum atomic E-state index is -0.824. The molecule has 0 aliphatic rings. The number of rotatable bonds is 10. The van der Waals surface area contributed by atoms with Crippen molar-refractivity contribution in [2.45, 2.75) is 39.0 Å². The van der Waals surface area contributed by atoms with Crippen molar-refractivity contribution in [3.63, 3.8) is 0 Å². The lowest BCUT2D eigenvalue weighted by Gasteiger charge is -2.24. The fraction of sp³-hybridized carbons (Fsp3) is 0.526. The van der Waals surface area contributed by atoms with E-state index >= 15 is 0 Å². The number of benzene rings is 1. The maximum atomic E-state index is 12.6. The first kappa shape index (κ1) is 22.8. The largest absolute Gasteiger partial charge is 0.467 e. The molecule has 1 aromatic carbocycles. The highest BCUT2D eigenvalue weighted by Gasteiger charge is 2.29. The molecule has 1 rings (SSSR count). The highest BCUT2D eigenvalue weighted by molar-refractivity contribution is 7.98. The van der Waals surface area contributed by atoms with Gasteiger partial charge in [-0.3, -0.25) is 4.79 Å². The molecule has 0 heterocycles. The predicted molar refractivity (Wildman–Crippen MR) is 105 cm³/mol. The molecule has 8 heteroatoms. The normalized spacial score (nSPS) is 12.8. The second kappa shape index (κ2) is 12.2. The lowest BCUT2D eigenvalue weighted by atomic mass is 10.0. The van der Waals surface area contributed by atoms with Gasteiger partial charge in [-0.05, 0) is 29.9 Å². The van der Waals surface area contributed by atoms with Crippen LogP contribution in [0, 0.1) is 5.92 Å². The monoisotopic (exact) mass is 396 g/mol. The smallest absolute Gasteiger partial charge is 0.408 e. The van der Waals surface area contributed by atoms with Gasteiger partial charge in [0.05, 0.1) is 7.11 Å². The molecule has 0 aliphatic heterocycles. The van der Waals surface area contributed by atoms with Gasteiger partial charge in [0.1, 0.15) is 18.7 Å². The maximum Gasteiger partial charge on any atom is 0.408 e. The summed E-state index contributed by atoms with van der Waals surface area (Å²) in [7, 11) is 1.28. The maximum absolute atomic E-state index is 12.6. The van der Waals surface area contributed by atoms with Crippen molar-refractivity contribution >= 4 is 29.7 Å². The van der Waals surface area contributed by atoms with E-state index in [9.17, 15) is 14.4 Å². The summed E-state index contributed by atoms with van der Waals surface area (Å²) < 4.78 is 9.92. The Kier molecular flexibility index (Phi) is 10.3. The van der Waals surface area contributed by atoms with E-state index in [4.69, 9.17) is 9.47 Å². The third-order valence-corrected chi connectivity index (χ3v) is 4.49. The number of carbonyl (C=O) groups is 3. The van der Waals surface area contributed by atoms with Gasteiger partial charge < -0.3 is 20.1 Å². The molecule has 7 nitrogen and oxygen atoms in total. The molecule has 2 N–H and O–H groups in total. The number of alkyl carbamates (subject to hydrolysis) is 1. The second-order valence-corrected chi connectivity index (χ2v) is 7.28. The highest BCUT2D eigenvalue weighted by atomic mass is 32.2. The predicted octanol–water partition coefficient (Wildman–Crippen LogP) is 2.35. The van der Waals surface area contributed by atoms with Crippen LogP contribution in [-0.4, -0.2) is 49.2 Å². The van der Waals surface area contributed by atoms with Gasteiger partial charge in [-0.15, -0.1) is 0 Å². The van der Waals surface area contributed by atoms with Crippen LogP contribution in [0.4, 0.5) is 4.79 Å². The van der Waals surface area contributed by atoms with E-state index in [-0.39, 0.29) is 12.5 Å². The molecule has 0 aliphatic carbocycles. The molecule has 0 radical (unpaired) electrons. The minimum Gasteiger partial charge on any atom is -0.467 e. The topological polar surface area (TPSA) is 93.7 Å². The average molecular weight is 397 g/mol. The summed E-state index contributed by atoms with van der Waals surface area (Å²) in [6.45, 7) is 3.71. The molecule has 0 unspecified atom stereocenters. The first-order chi connectivity index (χ1) is 12.9. The molecular weight excluding hydrogens is 368 g/mol. The summed E-state index contributed by atoms with van der Waals surface area (Å²) in [4.78, 5) is 36.5. The molecule has 0 bridgehead atoms. The van der Waals surface area contributed by atoms with Crippen molar-refractivity contribution in [3.05, 3.63) is 35.9 Å². The Morgan fingerprint density at radius 3 is 2.33 bits per heavy atom. The Balaban J connectivity index is 2.65. The first-order valence-electron chi connectivity index (χ1n) is 8.73. The minimum absolute atomic E-state index is 0.109. The van der Waals surface area contributed by atoms with Crippen LogP contribution in [0.1, 0.15) is 25.8 Å². The van der Waals surface area contributed by atoms with E-state index in [0.717, 1.165) is 5.56 Å². The lowest BCUT2D eigenvalue weighted by molar-refractivity contribution is -0.145. The summed E-state index contributed by atoms with van der Waals surface area (Å²) in [5, 5.41) is 5.24. The van der Waals surface area contributed by atoms with Crippen LogP contribution in [0.2, 0.25) is 0 Å². The van der Waals surface area contributed by atoms with Crippen molar-refractivity contribution in [1.29, 1.82) is 0 Å². The summed E-state index contributed by atoms with van der Waals surface area (Å²) in [6, 6.07) is 7.68. The highest BCUT2D eigenvalue weighted by Crippen LogP contribution is 2.07. The Labute approximate surface area is 164 Å². The molecule has 150 valence electrons. The SMILES string of the molecule is COC(=O)[C@@H](CCSC)NC(=O)[C@@H](NC(=O)OCc1ccccc1)C(C)C. The van der Waals surface area contributed by atoms with Crippen LogP contribution < -0.4 is 10.6 Å². The van der Waals surface area contributed by atoms with Crippen LogP contribution in [0.15, 0.2) is 30.3 Å². The van der Waals surface area contributed by atoms with Gasteiger partial charge in [0, 0.05) is 0 Å². The molecule has 0 saturated heterocycles. The van der Waals surface area contributed by atoms with Crippen molar-refractivity contribution in [3.8, 4) is 0 Å². The Bertz CT molecular complexity index is 609. The fourth-order valence-corrected chi connectivity index (χ4v) is 2.79. The number of hydrogen-bond donors (Lipinski definition) is 2. The number of esters is 1. The van der Waals surface area contributed by atoms with Crippen molar-refractivity contribution in [2.75, 3.05) is 19.1 Å². The molecule has 0 fully saturated rings. The number of methoxy groups -OCH3 is 1. The van der Waals surface area contributed by atoms with E-state index in [0.29, 0.717) is 12.2 Å². The Morgan fingerprint density at radius 2 is 1.78 bits per heavy atom. The number of hydrogen-bond acceptors (Lipinski definition) is 6. The average Bonchev–Trinajstić information content (AvgIpc) is 2.67. The first-order valence-corrected chi connectivity index (χ1v) is 10.1. The molecule has 2 atom stereocenters. The van der Waals surface area contributed by atoms with Gasteiger partial charge in [-0.1, -0.05) is 44.2 Å². The zero-order chi connectivity index (χ0) is 20.2. The standard InChI is InChI=1S/C19H28N2O5S/c1-13(2)16(17(22)20-15(10-11-27-4)18(23)25-3)21-19(24)26-12-14-8-6-5-7-9-14/h5-9,13,15-16H,10-12H2,1-4H3,(H,20,22)(H,21,24)/t15-,16+/m1/s1. The van der Waals surface area contributed by atoms with Crippen LogP contribution in [-0.2, 0) is 25.7 Å². The van der Waals surface area contributed by atoms with Crippen LogP contribution in [0.5, 0.6) is 0 Å². The van der Waals surface area contributed by atoms with Gasteiger partial charge in [-0.25, -0.2) is 9.59 Å².